The number of likely N-dealkylation sites (tertiary alicyclic amines) is 1. The highest BCUT2D eigenvalue weighted by Crippen LogP contribution is 2.29. The van der Waals surface area contributed by atoms with Crippen LogP contribution in [0.2, 0.25) is 0 Å². The maximum Gasteiger partial charge on any atom is 0.411 e. The van der Waals surface area contributed by atoms with Crippen molar-refractivity contribution in [3.8, 4) is 11.8 Å². The van der Waals surface area contributed by atoms with Crippen LogP contribution in [0, 0.1) is 11.3 Å². The fourth-order valence-corrected chi connectivity index (χ4v) is 4.93. The Kier molecular flexibility index (Phi) is 7.32. The first-order valence-electron chi connectivity index (χ1n) is 12.4. The molecule has 0 N–H and O–H groups in total. The van der Waals surface area contributed by atoms with Crippen molar-refractivity contribution in [3.05, 3.63) is 29.8 Å². The van der Waals surface area contributed by atoms with Crippen molar-refractivity contribution in [2.45, 2.75) is 76.7 Å². The van der Waals surface area contributed by atoms with Crippen molar-refractivity contribution < 1.29 is 19.1 Å². The molecule has 0 bridgehead atoms. The molecule has 1 aromatic rings. The van der Waals surface area contributed by atoms with Crippen LogP contribution in [0.15, 0.2) is 24.3 Å². The minimum Gasteiger partial charge on any atom is -0.488 e. The number of amides is 2. The normalized spacial score (nSPS) is 24.2. The summed E-state index contributed by atoms with van der Waals surface area (Å²) in [5.41, 5.74) is -0.0952. The molecule has 2 atom stereocenters. The number of hydrogen-bond donors (Lipinski definition) is 0. The van der Waals surface area contributed by atoms with Crippen LogP contribution < -0.4 is 4.74 Å². The van der Waals surface area contributed by atoms with Crippen LogP contribution in [-0.2, 0) is 9.53 Å². The van der Waals surface area contributed by atoms with Gasteiger partial charge in [-0.1, -0.05) is 6.42 Å². The quantitative estimate of drug-likeness (QED) is 0.673. The number of carbonyl (C=O) groups excluding carboxylic acids is 2. The van der Waals surface area contributed by atoms with E-state index < -0.39 is 17.7 Å². The summed E-state index contributed by atoms with van der Waals surface area (Å²) in [6.07, 6.45) is 4.38. The first-order valence-corrected chi connectivity index (χ1v) is 12.4. The van der Waals surface area contributed by atoms with E-state index in [2.05, 4.69) is 11.0 Å². The lowest BCUT2D eigenvalue weighted by Gasteiger charge is -2.37. The summed E-state index contributed by atoms with van der Waals surface area (Å²) in [5.74, 6) is 0.597. The van der Waals surface area contributed by atoms with Crippen molar-refractivity contribution in [1.82, 2.24) is 14.7 Å². The molecule has 1 aliphatic carbocycles. The number of nitrogens with zero attached hydrogens (tertiary/aromatic N) is 4. The Hall–Kier alpha value is -2.79. The van der Waals surface area contributed by atoms with Gasteiger partial charge in [-0.25, -0.2) is 4.79 Å². The van der Waals surface area contributed by atoms with Crippen LogP contribution >= 0.6 is 0 Å². The van der Waals surface area contributed by atoms with E-state index >= 15 is 0 Å². The highest BCUT2D eigenvalue weighted by atomic mass is 16.6. The predicted molar refractivity (Wildman–Crippen MR) is 127 cm³/mol. The Bertz CT molecular complexity index is 916. The smallest absolute Gasteiger partial charge is 0.411 e. The lowest BCUT2D eigenvalue weighted by atomic mass is 9.91. The molecule has 184 valence electrons. The Labute approximate surface area is 202 Å². The van der Waals surface area contributed by atoms with Gasteiger partial charge in [0.2, 0.25) is 5.91 Å². The number of ether oxygens (including phenoxy) is 2. The third-order valence-electron chi connectivity index (χ3n) is 6.90. The van der Waals surface area contributed by atoms with Crippen molar-refractivity contribution in [1.29, 1.82) is 5.26 Å². The zero-order chi connectivity index (χ0) is 24.3. The molecular formula is C26H36N4O4. The maximum absolute atomic E-state index is 13.6. The van der Waals surface area contributed by atoms with Gasteiger partial charge in [0.15, 0.2) is 0 Å². The van der Waals surface area contributed by atoms with Crippen LogP contribution in [0.5, 0.6) is 5.75 Å². The van der Waals surface area contributed by atoms with Crippen molar-refractivity contribution >= 4 is 12.0 Å². The summed E-state index contributed by atoms with van der Waals surface area (Å²) in [6, 6.07) is 9.05. The molecule has 0 unspecified atom stereocenters. The van der Waals surface area contributed by atoms with Gasteiger partial charge in [0.25, 0.3) is 0 Å². The van der Waals surface area contributed by atoms with Gasteiger partial charge in [-0.05, 0) is 64.3 Å². The molecule has 2 amide bonds. The monoisotopic (exact) mass is 468 g/mol. The lowest BCUT2D eigenvalue weighted by molar-refractivity contribution is -0.135. The third kappa shape index (κ3) is 5.82. The largest absolute Gasteiger partial charge is 0.488 e. The molecule has 8 heteroatoms. The van der Waals surface area contributed by atoms with E-state index in [0.717, 1.165) is 19.5 Å². The summed E-state index contributed by atoms with van der Waals surface area (Å²) in [6.45, 7) is 9.08. The molecule has 34 heavy (non-hydrogen) atoms. The van der Waals surface area contributed by atoms with E-state index in [-0.39, 0.29) is 18.6 Å². The molecule has 3 fully saturated rings. The first kappa shape index (κ1) is 24.3. The van der Waals surface area contributed by atoms with Crippen LogP contribution in [0.1, 0.15) is 58.4 Å². The SMILES string of the molecule is CC(C)(C)OC(=O)N1C[C@@H](Oc2ccc(C#N)cc2)C[C@@H]1C(=O)N1CCCN(C2CCC2)CC1. The van der Waals surface area contributed by atoms with Crippen LogP contribution in [0.4, 0.5) is 4.79 Å². The maximum atomic E-state index is 13.6. The summed E-state index contributed by atoms with van der Waals surface area (Å²) in [5, 5.41) is 9.01. The van der Waals surface area contributed by atoms with Gasteiger partial charge in [-0.3, -0.25) is 14.6 Å². The van der Waals surface area contributed by atoms with E-state index in [9.17, 15) is 9.59 Å². The second kappa shape index (κ2) is 10.2. The minimum absolute atomic E-state index is 0.0211. The molecule has 1 saturated carbocycles. The standard InChI is InChI=1S/C26H36N4O4/c1-26(2,3)34-25(32)30-18-22(33-21-10-8-19(17-27)9-11-21)16-23(30)24(31)29-13-5-12-28(14-15-29)20-6-4-7-20/h8-11,20,22-23H,4-7,12-16,18H2,1-3H3/t22-,23+/m0/s1. The average molecular weight is 469 g/mol. The lowest BCUT2D eigenvalue weighted by Crippen LogP contribution is -2.50. The Morgan fingerprint density at radius 2 is 1.76 bits per heavy atom. The van der Waals surface area contributed by atoms with E-state index in [0.29, 0.717) is 36.9 Å². The zero-order valence-corrected chi connectivity index (χ0v) is 20.5. The topological polar surface area (TPSA) is 86.1 Å². The Morgan fingerprint density at radius 3 is 2.38 bits per heavy atom. The van der Waals surface area contributed by atoms with Gasteiger partial charge in [0.1, 0.15) is 23.5 Å². The molecule has 0 spiro atoms. The predicted octanol–water partition coefficient (Wildman–Crippen LogP) is 3.40. The van der Waals surface area contributed by atoms with Crippen LogP contribution in [-0.4, -0.2) is 83.2 Å². The van der Waals surface area contributed by atoms with E-state index in [1.165, 1.54) is 24.2 Å². The van der Waals surface area contributed by atoms with E-state index in [1.807, 2.05) is 25.7 Å². The number of hydrogen-bond acceptors (Lipinski definition) is 6. The summed E-state index contributed by atoms with van der Waals surface area (Å²) < 4.78 is 11.7. The fraction of sp³-hybridized carbons (Fsp3) is 0.654. The molecule has 0 radical (unpaired) electrons. The van der Waals surface area contributed by atoms with Crippen LogP contribution in [0.25, 0.3) is 0 Å². The summed E-state index contributed by atoms with van der Waals surface area (Å²) in [4.78, 5) is 32.7. The number of nitriles is 1. The molecule has 4 rings (SSSR count). The van der Waals surface area contributed by atoms with Crippen molar-refractivity contribution in [2.24, 2.45) is 0 Å². The second-order valence-electron chi connectivity index (χ2n) is 10.6. The molecule has 1 aromatic carbocycles. The van der Waals surface area contributed by atoms with Crippen LogP contribution in [0.3, 0.4) is 0 Å². The molecule has 3 aliphatic rings. The molecule has 2 heterocycles. The van der Waals surface area contributed by atoms with Gasteiger partial charge >= 0.3 is 6.09 Å². The summed E-state index contributed by atoms with van der Waals surface area (Å²) in [7, 11) is 0. The summed E-state index contributed by atoms with van der Waals surface area (Å²) >= 11 is 0. The minimum atomic E-state index is -0.650. The van der Waals surface area contributed by atoms with Gasteiger partial charge in [-0.2, -0.15) is 5.26 Å². The van der Waals surface area contributed by atoms with Gasteiger partial charge in [0, 0.05) is 38.6 Å². The molecular weight excluding hydrogens is 432 g/mol. The van der Waals surface area contributed by atoms with Gasteiger partial charge < -0.3 is 14.4 Å². The number of rotatable bonds is 4. The third-order valence-corrected chi connectivity index (χ3v) is 6.90. The first-order chi connectivity index (χ1) is 16.2. The van der Waals surface area contributed by atoms with Gasteiger partial charge in [0.05, 0.1) is 18.2 Å². The fourth-order valence-electron chi connectivity index (χ4n) is 4.93. The van der Waals surface area contributed by atoms with E-state index in [4.69, 9.17) is 14.7 Å². The second-order valence-corrected chi connectivity index (χ2v) is 10.6. The molecule has 2 aliphatic heterocycles. The number of benzene rings is 1. The molecule has 8 nitrogen and oxygen atoms in total. The highest BCUT2D eigenvalue weighted by molar-refractivity contribution is 5.86. The Balaban J connectivity index is 1.45. The highest BCUT2D eigenvalue weighted by Gasteiger charge is 2.44. The molecule has 0 aromatic heterocycles. The van der Waals surface area contributed by atoms with Crippen molar-refractivity contribution in [2.75, 3.05) is 32.7 Å². The van der Waals surface area contributed by atoms with E-state index in [1.54, 1.807) is 24.3 Å². The van der Waals surface area contributed by atoms with Gasteiger partial charge in [-0.15, -0.1) is 0 Å². The zero-order valence-electron chi connectivity index (χ0n) is 20.5. The average Bonchev–Trinajstić information content (AvgIpc) is 3.02. The van der Waals surface area contributed by atoms with Crippen molar-refractivity contribution in [3.63, 3.8) is 0 Å². The molecule has 2 saturated heterocycles. The Morgan fingerprint density at radius 1 is 1.03 bits per heavy atom. The number of carbonyl (C=O) groups is 2.